The molecule has 5 nitrogen and oxygen atoms in total. The van der Waals surface area contributed by atoms with E-state index >= 15 is 0 Å². The maximum Gasteiger partial charge on any atom is 0.239 e. The Bertz CT molecular complexity index is 276. The molecule has 74 valence electrons. The topological polar surface area (TPSA) is 60.0 Å². The minimum Gasteiger partial charge on any atom is -0.367 e. The van der Waals surface area contributed by atoms with E-state index in [2.05, 4.69) is 28.8 Å². The van der Waals surface area contributed by atoms with Crippen molar-refractivity contribution in [2.45, 2.75) is 25.9 Å². The van der Waals surface area contributed by atoms with Crippen molar-refractivity contribution in [3.63, 3.8) is 0 Å². The zero-order valence-electron chi connectivity index (χ0n) is 8.65. The summed E-state index contributed by atoms with van der Waals surface area (Å²) in [5, 5.41) is 4.03. The van der Waals surface area contributed by atoms with Gasteiger partial charge in [0.1, 0.15) is 6.33 Å². The Balaban J connectivity index is 2.68. The lowest BCUT2D eigenvalue weighted by Gasteiger charge is -2.32. The van der Waals surface area contributed by atoms with Crippen LogP contribution < -0.4 is 5.73 Å². The fourth-order valence-corrected chi connectivity index (χ4v) is 0.923. The van der Waals surface area contributed by atoms with Gasteiger partial charge in [-0.15, -0.1) is 5.10 Å². The standard InChI is InChI=1S/C8H17N5/c1-8(2,12(3)4)5-13-6-10-7(9)11-13/h6H,5H2,1-4H3,(H2,9,11). The Morgan fingerprint density at radius 2 is 2.15 bits per heavy atom. The van der Waals surface area contributed by atoms with Crippen molar-refractivity contribution in [1.82, 2.24) is 19.7 Å². The number of nitrogen functional groups attached to an aromatic ring is 1. The summed E-state index contributed by atoms with van der Waals surface area (Å²) in [6.07, 6.45) is 1.65. The third-order valence-corrected chi connectivity index (χ3v) is 2.31. The van der Waals surface area contributed by atoms with E-state index < -0.39 is 0 Å². The lowest BCUT2D eigenvalue weighted by molar-refractivity contribution is 0.163. The number of anilines is 1. The van der Waals surface area contributed by atoms with Gasteiger partial charge in [0, 0.05) is 5.54 Å². The van der Waals surface area contributed by atoms with E-state index in [1.54, 1.807) is 11.0 Å². The molecule has 0 bridgehead atoms. The second-order valence-electron chi connectivity index (χ2n) is 4.01. The third kappa shape index (κ3) is 2.42. The van der Waals surface area contributed by atoms with Crippen molar-refractivity contribution in [3.05, 3.63) is 6.33 Å². The number of rotatable bonds is 3. The molecular formula is C8H17N5. The molecule has 0 aliphatic heterocycles. The van der Waals surface area contributed by atoms with E-state index in [0.717, 1.165) is 6.54 Å². The lowest BCUT2D eigenvalue weighted by Crippen LogP contribution is -2.42. The third-order valence-electron chi connectivity index (χ3n) is 2.31. The number of nitrogens with zero attached hydrogens (tertiary/aromatic N) is 4. The van der Waals surface area contributed by atoms with Crippen LogP contribution in [-0.4, -0.2) is 39.3 Å². The van der Waals surface area contributed by atoms with Crippen molar-refractivity contribution in [2.75, 3.05) is 19.8 Å². The summed E-state index contributed by atoms with van der Waals surface area (Å²) >= 11 is 0. The summed E-state index contributed by atoms with van der Waals surface area (Å²) < 4.78 is 1.76. The highest BCUT2D eigenvalue weighted by atomic mass is 15.4. The summed E-state index contributed by atoms with van der Waals surface area (Å²) in [7, 11) is 4.08. The normalized spacial score (nSPS) is 12.4. The molecule has 0 spiro atoms. The Morgan fingerprint density at radius 1 is 1.54 bits per heavy atom. The van der Waals surface area contributed by atoms with Crippen LogP contribution in [0.2, 0.25) is 0 Å². The molecular weight excluding hydrogens is 166 g/mol. The molecule has 5 heteroatoms. The second kappa shape index (κ2) is 3.33. The predicted molar refractivity (Wildman–Crippen MR) is 52.2 cm³/mol. The largest absolute Gasteiger partial charge is 0.367 e. The molecule has 1 rings (SSSR count). The zero-order chi connectivity index (χ0) is 10.1. The van der Waals surface area contributed by atoms with Gasteiger partial charge in [0.15, 0.2) is 0 Å². The zero-order valence-corrected chi connectivity index (χ0v) is 8.65. The van der Waals surface area contributed by atoms with Crippen molar-refractivity contribution in [1.29, 1.82) is 0 Å². The highest BCUT2D eigenvalue weighted by Gasteiger charge is 2.21. The minimum atomic E-state index is 0.0557. The Kier molecular flexibility index (Phi) is 2.56. The van der Waals surface area contributed by atoms with E-state index in [4.69, 9.17) is 5.73 Å². The van der Waals surface area contributed by atoms with E-state index in [-0.39, 0.29) is 5.54 Å². The molecule has 0 saturated heterocycles. The first-order chi connectivity index (χ1) is 5.92. The average Bonchev–Trinajstić information content (AvgIpc) is 2.34. The monoisotopic (exact) mass is 183 g/mol. The van der Waals surface area contributed by atoms with E-state index in [9.17, 15) is 0 Å². The second-order valence-corrected chi connectivity index (χ2v) is 4.01. The molecule has 1 aromatic rings. The summed E-state index contributed by atoms with van der Waals surface area (Å²) in [4.78, 5) is 6.01. The van der Waals surface area contributed by atoms with Crippen LogP contribution >= 0.6 is 0 Å². The number of hydrogen-bond donors (Lipinski definition) is 1. The molecule has 0 saturated carbocycles. The number of aromatic nitrogens is 3. The highest BCUT2D eigenvalue weighted by Crippen LogP contribution is 2.12. The van der Waals surface area contributed by atoms with Gasteiger partial charge in [0.2, 0.25) is 5.95 Å². The van der Waals surface area contributed by atoms with Crippen LogP contribution in [0.5, 0.6) is 0 Å². The van der Waals surface area contributed by atoms with E-state index in [1.807, 2.05) is 14.1 Å². The average molecular weight is 183 g/mol. The van der Waals surface area contributed by atoms with Gasteiger partial charge in [-0.2, -0.15) is 0 Å². The van der Waals surface area contributed by atoms with Gasteiger partial charge in [-0.25, -0.2) is 9.67 Å². The van der Waals surface area contributed by atoms with Gasteiger partial charge < -0.3 is 10.6 Å². The van der Waals surface area contributed by atoms with Gasteiger partial charge in [-0.3, -0.25) is 0 Å². The first-order valence-corrected chi connectivity index (χ1v) is 4.24. The molecule has 2 N–H and O–H groups in total. The Morgan fingerprint density at radius 3 is 2.54 bits per heavy atom. The quantitative estimate of drug-likeness (QED) is 0.727. The number of nitrogens with two attached hydrogens (primary N) is 1. The summed E-state index contributed by atoms with van der Waals surface area (Å²) in [6.45, 7) is 5.07. The van der Waals surface area contributed by atoms with Crippen LogP contribution in [0.15, 0.2) is 6.33 Å². The molecule has 0 aliphatic rings. The Hall–Kier alpha value is -1.10. The summed E-state index contributed by atoms with van der Waals surface area (Å²) in [5.41, 5.74) is 5.47. The van der Waals surface area contributed by atoms with Crippen LogP contribution in [0.3, 0.4) is 0 Å². The SMILES string of the molecule is CN(C)C(C)(C)Cn1cnc(N)n1. The van der Waals surface area contributed by atoms with Crippen LogP contribution in [0.25, 0.3) is 0 Å². The van der Waals surface area contributed by atoms with Crippen LogP contribution in [-0.2, 0) is 6.54 Å². The molecule has 0 aromatic carbocycles. The molecule has 0 amide bonds. The van der Waals surface area contributed by atoms with Gasteiger partial charge in [-0.05, 0) is 27.9 Å². The van der Waals surface area contributed by atoms with Crippen LogP contribution in [0.4, 0.5) is 5.95 Å². The van der Waals surface area contributed by atoms with Gasteiger partial charge in [-0.1, -0.05) is 0 Å². The van der Waals surface area contributed by atoms with Crippen molar-refractivity contribution in [2.24, 2.45) is 0 Å². The molecule has 0 radical (unpaired) electrons. The number of hydrogen-bond acceptors (Lipinski definition) is 4. The molecule has 0 atom stereocenters. The first kappa shape index (κ1) is 9.98. The lowest BCUT2D eigenvalue weighted by atomic mass is 10.1. The van der Waals surface area contributed by atoms with E-state index in [0.29, 0.717) is 5.95 Å². The van der Waals surface area contributed by atoms with Crippen molar-refractivity contribution < 1.29 is 0 Å². The van der Waals surface area contributed by atoms with Crippen molar-refractivity contribution >= 4 is 5.95 Å². The van der Waals surface area contributed by atoms with Crippen molar-refractivity contribution in [3.8, 4) is 0 Å². The molecule has 13 heavy (non-hydrogen) atoms. The fourth-order valence-electron chi connectivity index (χ4n) is 0.923. The van der Waals surface area contributed by atoms with Crippen LogP contribution in [0, 0.1) is 0 Å². The highest BCUT2D eigenvalue weighted by molar-refractivity contribution is 5.09. The maximum absolute atomic E-state index is 5.42. The number of likely N-dealkylation sites (N-methyl/N-ethyl adjacent to an activating group) is 1. The first-order valence-electron chi connectivity index (χ1n) is 4.24. The van der Waals surface area contributed by atoms with E-state index in [1.165, 1.54) is 0 Å². The Labute approximate surface area is 78.5 Å². The minimum absolute atomic E-state index is 0.0557. The predicted octanol–water partition coefficient (Wildman–Crippen LogP) is 0.201. The smallest absolute Gasteiger partial charge is 0.239 e. The molecule has 0 unspecified atom stereocenters. The van der Waals surface area contributed by atoms with Gasteiger partial charge >= 0.3 is 0 Å². The molecule has 0 fully saturated rings. The summed E-state index contributed by atoms with van der Waals surface area (Å²) in [6, 6.07) is 0. The summed E-state index contributed by atoms with van der Waals surface area (Å²) in [5.74, 6) is 0.328. The fraction of sp³-hybridized carbons (Fsp3) is 0.750. The molecule has 1 aromatic heterocycles. The van der Waals surface area contributed by atoms with Crippen LogP contribution in [0.1, 0.15) is 13.8 Å². The maximum atomic E-state index is 5.42. The van der Waals surface area contributed by atoms with Gasteiger partial charge in [0.25, 0.3) is 0 Å². The van der Waals surface area contributed by atoms with Gasteiger partial charge in [0.05, 0.1) is 6.54 Å². The molecule has 0 aliphatic carbocycles. The molecule has 1 heterocycles.